The van der Waals surface area contributed by atoms with Gasteiger partial charge in [0.1, 0.15) is 17.3 Å². The van der Waals surface area contributed by atoms with E-state index >= 15 is 0 Å². The number of rotatable bonds is 11. The third kappa shape index (κ3) is 5.49. The lowest BCUT2D eigenvalue weighted by molar-refractivity contribution is 0.122. The van der Waals surface area contributed by atoms with E-state index in [-0.39, 0.29) is 5.56 Å². The van der Waals surface area contributed by atoms with Gasteiger partial charge in [-0.05, 0) is 43.5 Å². The van der Waals surface area contributed by atoms with Crippen LogP contribution in [0.25, 0.3) is 33.4 Å². The highest BCUT2D eigenvalue weighted by Crippen LogP contribution is 2.41. The van der Waals surface area contributed by atoms with Crippen LogP contribution in [0, 0.1) is 6.92 Å². The van der Waals surface area contributed by atoms with E-state index in [9.17, 15) is 9.90 Å². The number of aromatic nitrogens is 5. The largest absolute Gasteiger partial charge is 0.493 e. The van der Waals surface area contributed by atoms with Crippen molar-refractivity contribution in [3.05, 3.63) is 82.7 Å². The molecule has 0 aliphatic heterocycles. The molecule has 3 heterocycles. The van der Waals surface area contributed by atoms with Gasteiger partial charge in [0.15, 0.2) is 11.5 Å². The summed E-state index contributed by atoms with van der Waals surface area (Å²) in [6.45, 7) is 3.10. The Morgan fingerprint density at radius 2 is 1.85 bits per heavy atom. The van der Waals surface area contributed by atoms with Crippen LogP contribution in [0.4, 0.5) is 0 Å². The van der Waals surface area contributed by atoms with Crippen molar-refractivity contribution in [1.29, 1.82) is 0 Å². The maximum absolute atomic E-state index is 13.2. The number of hydrogen-bond acceptors (Lipinski definition) is 7. The molecule has 10 heteroatoms. The number of nitrogens with zero attached hydrogens (tertiary/aromatic N) is 4. The van der Waals surface area contributed by atoms with E-state index in [1.54, 1.807) is 25.1 Å². The van der Waals surface area contributed by atoms with Crippen molar-refractivity contribution < 1.29 is 14.6 Å². The lowest BCUT2D eigenvalue weighted by Crippen LogP contribution is -2.28. The summed E-state index contributed by atoms with van der Waals surface area (Å²) in [7, 11) is 5.04. The Hall–Kier alpha value is -4.41. The van der Waals surface area contributed by atoms with Crippen LogP contribution in [0.5, 0.6) is 11.5 Å². The van der Waals surface area contributed by atoms with E-state index in [1.165, 1.54) is 11.9 Å². The molecule has 0 spiro atoms. The van der Waals surface area contributed by atoms with Crippen molar-refractivity contribution in [3.63, 3.8) is 0 Å². The van der Waals surface area contributed by atoms with Crippen LogP contribution in [-0.4, -0.2) is 49.9 Å². The fourth-order valence-corrected chi connectivity index (χ4v) is 5.00. The van der Waals surface area contributed by atoms with Gasteiger partial charge < -0.3 is 24.1 Å². The fourth-order valence-electron chi connectivity index (χ4n) is 5.00. The Kier molecular flexibility index (Phi) is 7.99. The van der Waals surface area contributed by atoms with Crippen LogP contribution in [0.15, 0.2) is 66.0 Å². The number of H-pyrrole nitrogens is 1. The van der Waals surface area contributed by atoms with E-state index in [2.05, 4.69) is 44.6 Å². The van der Waals surface area contributed by atoms with Gasteiger partial charge >= 0.3 is 0 Å². The SMILES string of the molecule is COc1ccc(-c2c(-c3cnn(C)c3)c3nc[nH]c(=O)c3n2CCCC(O)NCc2ccc(C)cc2)cc1OC. The second-order valence-electron chi connectivity index (χ2n) is 9.80. The molecule has 10 nitrogen and oxygen atoms in total. The van der Waals surface area contributed by atoms with Crippen LogP contribution in [-0.2, 0) is 20.1 Å². The molecule has 208 valence electrons. The molecule has 40 heavy (non-hydrogen) atoms. The van der Waals surface area contributed by atoms with Gasteiger partial charge in [0.2, 0.25) is 0 Å². The highest BCUT2D eigenvalue weighted by molar-refractivity contribution is 6.02. The lowest BCUT2D eigenvalue weighted by Gasteiger charge is -2.16. The Morgan fingerprint density at radius 3 is 2.55 bits per heavy atom. The quantitative estimate of drug-likeness (QED) is 0.216. The zero-order chi connectivity index (χ0) is 28.2. The zero-order valence-electron chi connectivity index (χ0n) is 23.1. The van der Waals surface area contributed by atoms with Crippen molar-refractivity contribution in [1.82, 2.24) is 29.6 Å². The smallest absolute Gasteiger partial charge is 0.275 e. The second-order valence-corrected chi connectivity index (χ2v) is 9.80. The molecule has 0 aliphatic rings. The molecule has 1 atom stereocenters. The predicted octanol–water partition coefficient (Wildman–Crippen LogP) is 4.01. The summed E-state index contributed by atoms with van der Waals surface area (Å²) in [6.07, 6.45) is 5.52. The van der Waals surface area contributed by atoms with Crippen molar-refractivity contribution in [2.45, 2.75) is 39.1 Å². The monoisotopic (exact) mass is 542 g/mol. The minimum Gasteiger partial charge on any atom is -0.493 e. The molecule has 0 saturated heterocycles. The highest BCUT2D eigenvalue weighted by Gasteiger charge is 2.25. The van der Waals surface area contributed by atoms with Crippen LogP contribution in [0.1, 0.15) is 24.0 Å². The van der Waals surface area contributed by atoms with Gasteiger partial charge in [0, 0.05) is 43.0 Å². The molecule has 3 N–H and O–H groups in total. The fraction of sp³-hybridized carbons (Fsp3) is 0.300. The Morgan fingerprint density at radius 1 is 1.07 bits per heavy atom. The van der Waals surface area contributed by atoms with Gasteiger partial charge in [-0.1, -0.05) is 29.8 Å². The number of aliphatic hydroxyl groups is 1. The van der Waals surface area contributed by atoms with E-state index in [1.807, 2.05) is 42.9 Å². The van der Waals surface area contributed by atoms with E-state index in [0.29, 0.717) is 48.5 Å². The van der Waals surface area contributed by atoms with E-state index in [4.69, 9.17) is 9.47 Å². The number of fused-ring (bicyclic) bond motifs is 1. The molecule has 2 aromatic carbocycles. The molecule has 5 aromatic rings. The lowest BCUT2D eigenvalue weighted by atomic mass is 10.0. The summed E-state index contributed by atoms with van der Waals surface area (Å²) in [6, 6.07) is 13.9. The Bertz CT molecular complexity index is 1670. The Labute approximate surface area is 232 Å². The third-order valence-corrected chi connectivity index (χ3v) is 7.01. The molecule has 0 amide bonds. The molecule has 0 saturated carbocycles. The van der Waals surface area contributed by atoms with Gasteiger partial charge in [-0.15, -0.1) is 0 Å². The molecule has 0 aliphatic carbocycles. The van der Waals surface area contributed by atoms with E-state index < -0.39 is 6.23 Å². The number of methoxy groups -OCH3 is 2. The summed E-state index contributed by atoms with van der Waals surface area (Å²) >= 11 is 0. The van der Waals surface area contributed by atoms with Crippen LogP contribution >= 0.6 is 0 Å². The standard InChI is InChI=1S/C30H34N6O4/c1-19-7-9-20(10-8-19)15-31-25(37)6-5-13-36-28(21-11-12-23(39-3)24(14-21)40-4)26(22-16-34-35(2)17-22)27-29(36)30(38)33-18-32-27/h7-12,14,16-18,25,31,37H,5-6,13,15H2,1-4H3,(H,32,33,38). The summed E-state index contributed by atoms with van der Waals surface area (Å²) in [5.74, 6) is 1.18. The first-order valence-corrected chi connectivity index (χ1v) is 13.2. The van der Waals surface area contributed by atoms with Gasteiger partial charge in [0.05, 0.1) is 32.4 Å². The number of benzene rings is 2. The van der Waals surface area contributed by atoms with Crippen molar-refractivity contribution >= 4 is 11.0 Å². The average Bonchev–Trinajstić information content (AvgIpc) is 3.53. The summed E-state index contributed by atoms with van der Waals surface area (Å²) in [5, 5.41) is 18.2. The van der Waals surface area contributed by atoms with E-state index in [0.717, 1.165) is 27.9 Å². The van der Waals surface area contributed by atoms with Gasteiger partial charge in [-0.2, -0.15) is 5.10 Å². The summed E-state index contributed by atoms with van der Waals surface area (Å²) in [4.78, 5) is 20.5. The number of aromatic amines is 1. The Balaban J connectivity index is 1.51. The molecule has 0 fully saturated rings. The van der Waals surface area contributed by atoms with Crippen molar-refractivity contribution in [2.75, 3.05) is 14.2 Å². The van der Waals surface area contributed by atoms with Gasteiger partial charge in [-0.3, -0.25) is 14.8 Å². The number of aliphatic hydroxyl groups excluding tert-OH is 1. The number of ether oxygens (including phenoxy) is 2. The number of hydrogen-bond donors (Lipinski definition) is 3. The van der Waals surface area contributed by atoms with Crippen LogP contribution < -0.4 is 20.3 Å². The highest BCUT2D eigenvalue weighted by atomic mass is 16.5. The predicted molar refractivity (Wildman–Crippen MR) is 154 cm³/mol. The first kappa shape index (κ1) is 27.2. The zero-order valence-corrected chi connectivity index (χ0v) is 23.1. The van der Waals surface area contributed by atoms with Crippen molar-refractivity contribution in [2.24, 2.45) is 7.05 Å². The molecular weight excluding hydrogens is 508 g/mol. The molecule has 0 radical (unpaired) electrons. The number of aryl methyl sites for hydroxylation is 3. The summed E-state index contributed by atoms with van der Waals surface area (Å²) in [5.41, 5.74) is 6.42. The minimum atomic E-state index is -0.693. The molecule has 5 rings (SSSR count). The van der Waals surface area contributed by atoms with Gasteiger partial charge in [-0.25, -0.2) is 4.98 Å². The average molecular weight is 543 g/mol. The maximum atomic E-state index is 13.2. The topological polar surface area (TPSA) is 119 Å². The minimum absolute atomic E-state index is 0.236. The van der Waals surface area contributed by atoms with Crippen LogP contribution in [0.3, 0.4) is 0 Å². The molecule has 0 bridgehead atoms. The first-order chi connectivity index (χ1) is 19.4. The second kappa shape index (κ2) is 11.8. The molecule has 3 aromatic heterocycles. The van der Waals surface area contributed by atoms with Crippen LogP contribution in [0.2, 0.25) is 0 Å². The first-order valence-electron chi connectivity index (χ1n) is 13.2. The molecule has 1 unspecified atom stereocenters. The normalized spacial score (nSPS) is 12.1. The molecular formula is C30H34N6O4. The maximum Gasteiger partial charge on any atom is 0.275 e. The summed E-state index contributed by atoms with van der Waals surface area (Å²) < 4.78 is 14.8. The van der Waals surface area contributed by atoms with Crippen molar-refractivity contribution in [3.8, 4) is 33.9 Å². The number of nitrogens with one attached hydrogen (secondary N) is 2. The van der Waals surface area contributed by atoms with Gasteiger partial charge in [0.25, 0.3) is 5.56 Å². The third-order valence-electron chi connectivity index (χ3n) is 7.01.